The monoisotopic (exact) mass is 503 g/mol. The molecule has 204 valence electrons. The quantitative estimate of drug-likeness (QED) is 0.421. The molecular formula is C30H49NO5. The minimum absolute atomic E-state index is 0.130. The number of amides is 1. The predicted octanol–water partition coefficient (Wildman–Crippen LogP) is 5.22. The maximum Gasteiger partial charge on any atom is 0.326 e. The number of nitrogens with one attached hydrogen (secondary N) is 1. The number of Topliss-reactive ketones (excluding diaryl/α,β-unsaturated/α-hetero) is 1. The molecule has 4 saturated carbocycles. The molecule has 0 heterocycles. The van der Waals surface area contributed by atoms with Crippen LogP contribution in [0.5, 0.6) is 0 Å². The van der Waals surface area contributed by atoms with Crippen LogP contribution in [0.3, 0.4) is 0 Å². The maximum absolute atomic E-state index is 13.6. The fourth-order valence-corrected chi connectivity index (χ4v) is 9.40. The van der Waals surface area contributed by atoms with Crippen molar-refractivity contribution in [2.45, 2.75) is 117 Å². The van der Waals surface area contributed by atoms with Crippen LogP contribution in [0.15, 0.2) is 0 Å². The summed E-state index contributed by atoms with van der Waals surface area (Å²) in [6.45, 7) is 11.0. The minimum atomic E-state index is -0.964. The van der Waals surface area contributed by atoms with E-state index in [0.29, 0.717) is 54.6 Å². The second kappa shape index (κ2) is 10.4. The van der Waals surface area contributed by atoms with Gasteiger partial charge in [-0.1, -0.05) is 34.6 Å². The molecule has 0 aromatic carbocycles. The van der Waals surface area contributed by atoms with Gasteiger partial charge in [-0.25, -0.2) is 4.79 Å². The average Bonchev–Trinajstić information content (AvgIpc) is 3.15. The summed E-state index contributed by atoms with van der Waals surface area (Å²) < 4.78 is 0. The summed E-state index contributed by atoms with van der Waals surface area (Å²) in [7, 11) is 0. The van der Waals surface area contributed by atoms with E-state index in [1.807, 2.05) is 13.8 Å². The average molecular weight is 504 g/mol. The van der Waals surface area contributed by atoms with E-state index in [0.717, 1.165) is 51.4 Å². The predicted molar refractivity (Wildman–Crippen MR) is 139 cm³/mol. The van der Waals surface area contributed by atoms with E-state index in [1.54, 1.807) is 0 Å². The molecule has 0 bridgehead atoms. The molecule has 0 aromatic rings. The number of hydrogen-bond donors (Lipinski definition) is 3. The smallest absolute Gasteiger partial charge is 0.326 e. The second-order valence-corrected chi connectivity index (χ2v) is 13.9. The third-order valence-electron chi connectivity index (χ3n) is 11.4. The van der Waals surface area contributed by atoms with E-state index in [-0.39, 0.29) is 34.7 Å². The number of fused-ring (bicyclic) bond motifs is 5. The van der Waals surface area contributed by atoms with Crippen LogP contribution in [0.4, 0.5) is 0 Å². The van der Waals surface area contributed by atoms with E-state index in [1.165, 1.54) is 0 Å². The van der Waals surface area contributed by atoms with Gasteiger partial charge in [-0.05, 0) is 104 Å². The lowest BCUT2D eigenvalue weighted by Crippen LogP contribution is -2.57. The number of aliphatic carboxylic acids is 1. The molecule has 0 aromatic heterocycles. The molecule has 4 fully saturated rings. The molecule has 3 N–H and O–H groups in total. The zero-order chi connectivity index (χ0) is 26.4. The molecule has 6 nitrogen and oxygen atoms in total. The number of aliphatic hydroxyl groups excluding tert-OH is 1. The Morgan fingerprint density at radius 1 is 1.03 bits per heavy atom. The van der Waals surface area contributed by atoms with Crippen LogP contribution < -0.4 is 5.32 Å². The van der Waals surface area contributed by atoms with Crippen molar-refractivity contribution in [3.05, 3.63) is 0 Å². The van der Waals surface area contributed by atoms with E-state index in [4.69, 9.17) is 0 Å². The summed E-state index contributed by atoms with van der Waals surface area (Å²) in [5.74, 6) is 1.75. The van der Waals surface area contributed by atoms with Gasteiger partial charge in [-0.3, -0.25) is 9.59 Å². The normalized spacial score (nSPS) is 41.7. The Hall–Kier alpha value is -1.43. The maximum atomic E-state index is 13.6. The highest BCUT2D eigenvalue weighted by molar-refractivity contribution is 5.84. The zero-order valence-corrected chi connectivity index (χ0v) is 23.1. The van der Waals surface area contributed by atoms with Crippen LogP contribution >= 0.6 is 0 Å². The molecule has 4 aliphatic rings. The second-order valence-electron chi connectivity index (χ2n) is 13.9. The van der Waals surface area contributed by atoms with Gasteiger partial charge in [0.05, 0.1) is 6.10 Å². The van der Waals surface area contributed by atoms with Crippen molar-refractivity contribution in [1.82, 2.24) is 5.32 Å². The van der Waals surface area contributed by atoms with Gasteiger partial charge in [0.2, 0.25) is 5.91 Å². The summed E-state index contributed by atoms with van der Waals surface area (Å²) in [5.41, 5.74) is 0.308. The lowest BCUT2D eigenvalue weighted by Gasteiger charge is -2.60. The Bertz CT molecular complexity index is 856. The van der Waals surface area contributed by atoms with Crippen molar-refractivity contribution in [3.63, 3.8) is 0 Å². The third kappa shape index (κ3) is 5.00. The number of aliphatic hydroxyl groups is 1. The van der Waals surface area contributed by atoms with Gasteiger partial charge in [0, 0.05) is 18.8 Å². The molecule has 4 rings (SSSR count). The van der Waals surface area contributed by atoms with Crippen molar-refractivity contribution in [2.24, 2.45) is 52.3 Å². The van der Waals surface area contributed by atoms with Crippen molar-refractivity contribution in [2.75, 3.05) is 0 Å². The largest absolute Gasteiger partial charge is 0.480 e. The standard InChI is InChI=1S/C30H49NO5/c1-17(2)14-24(28(35)36)31-26(34)9-6-18(3)21-7-8-22-27-23(11-13-30(21,22)5)29(4)12-10-20(32)15-19(29)16-25(27)33/h17-24,27,32H,6-16H2,1-5H3,(H,31,34)(H,35,36)/t18?,19-,20+,21?,22?,23?,24-,27?,29?,30?/m0/s1. The molecule has 4 aliphatic carbocycles. The molecule has 0 saturated heterocycles. The van der Waals surface area contributed by atoms with Gasteiger partial charge in [-0.15, -0.1) is 0 Å². The van der Waals surface area contributed by atoms with Gasteiger partial charge in [0.15, 0.2) is 0 Å². The summed E-state index contributed by atoms with van der Waals surface area (Å²) in [5, 5.41) is 22.5. The fraction of sp³-hybridized carbons (Fsp3) is 0.900. The molecule has 36 heavy (non-hydrogen) atoms. The van der Waals surface area contributed by atoms with E-state index >= 15 is 0 Å². The molecular weight excluding hydrogens is 454 g/mol. The molecule has 7 unspecified atom stereocenters. The van der Waals surface area contributed by atoms with E-state index < -0.39 is 12.0 Å². The zero-order valence-electron chi connectivity index (χ0n) is 23.1. The topological polar surface area (TPSA) is 104 Å². The number of carboxylic acids is 1. The summed E-state index contributed by atoms with van der Waals surface area (Å²) in [4.78, 5) is 37.7. The van der Waals surface area contributed by atoms with Crippen LogP contribution in [-0.2, 0) is 14.4 Å². The number of carbonyl (C=O) groups excluding carboxylic acids is 2. The Morgan fingerprint density at radius 2 is 1.69 bits per heavy atom. The highest BCUT2D eigenvalue weighted by atomic mass is 16.4. The van der Waals surface area contributed by atoms with Crippen molar-refractivity contribution in [3.8, 4) is 0 Å². The van der Waals surface area contributed by atoms with Crippen LogP contribution in [0.25, 0.3) is 0 Å². The first-order valence-electron chi connectivity index (χ1n) is 14.6. The summed E-state index contributed by atoms with van der Waals surface area (Å²) in [6, 6.07) is -0.820. The number of carboxylic acid groups (broad SMARTS) is 1. The third-order valence-corrected chi connectivity index (χ3v) is 11.4. The molecule has 0 radical (unpaired) electrons. The first-order chi connectivity index (χ1) is 16.9. The Morgan fingerprint density at radius 3 is 2.36 bits per heavy atom. The van der Waals surface area contributed by atoms with E-state index in [2.05, 4.69) is 26.1 Å². The fourth-order valence-electron chi connectivity index (χ4n) is 9.40. The molecule has 0 aliphatic heterocycles. The SMILES string of the molecule is CC(C)C[C@H](NC(=O)CCC(C)C1CCC2C3C(=O)C[C@@H]4C[C@H](O)CCC4(C)C3CCC12C)C(=O)O. The minimum Gasteiger partial charge on any atom is -0.480 e. The van der Waals surface area contributed by atoms with Gasteiger partial charge in [0.1, 0.15) is 11.8 Å². The van der Waals surface area contributed by atoms with Crippen molar-refractivity contribution >= 4 is 17.7 Å². The van der Waals surface area contributed by atoms with Gasteiger partial charge >= 0.3 is 5.97 Å². The van der Waals surface area contributed by atoms with Gasteiger partial charge < -0.3 is 15.5 Å². The number of carbonyl (C=O) groups is 3. The van der Waals surface area contributed by atoms with Crippen molar-refractivity contribution in [1.29, 1.82) is 0 Å². The lowest BCUT2D eigenvalue weighted by molar-refractivity contribution is -0.160. The Labute approximate surface area is 217 Å². The molecule has 1 amide bonds. The number of rotatable bonds is 8. The first kappa shape index (κ1) is 27.6. The van der Waals surface area contributed by atoms with Crippen LogP contribution in [-0.4, -0.2) is 40.0 Å². The molecule has 6 heteroatoms. The summed E-state index contributed by atoms with van der Waals surface area (Å²) in [6.07, 6.45) is 9.11. The van der Waals surface area contributed by atoms with Crippen LogP contribution in [0.1, 0.15) is 105 Å². The Kier molecular flexibility index (Phi) is 7.96. The highest BCUT2D eigenvalue weighted by Gasteiger charge is 2.63. The van der Waals surface area contributed by atoms with Crippen LogP contribution in [0.2, 0.25) is 0 Å². The lowest BCUT2D eigenvalue weighted by atomic mass is 9.44. The number of ketones is 1. The van der Waals surface area contributed by atoms with Gasteiger partial charge in [-0.2, -0.15) is 0 Å². The molecule has 0 spiro atoms. The molecule has 10 atom stereocenters. The van der Waals surface area contributed by atoms with Crippen LogP contribution in [0, 0.1) is 52.3 Å². The number of hydrogen-bond acceptors (Lipinski definition) is 4. The van der Waals surface area contributed by atoms with Crippen molar-refractivity contribution < 1.29 is 24.6 Å². The van der Waals surface area contributed by atoms with E-state index in [9.17, 15) is 24.6 Å². The first-order valence-corrected chi connectivity index (χ1v) is 14.6. The summed E-state index contributed by atoms with van der Waals surface area (Å²) >= 11 is 0. The van der Waals surface area contributed by atoms with Gasteiger partial charge in [0.25, 0.3) is 0 Å². The highest BCUT2D eigenvalue weighted by Crippen LogP contribution is 2.67. The Balaban J connectivity index is 1.40.